The van der Waals surface area contributed by atoms with Gasteiger partial charge in [0, 0.05) is 22.2 Å². The first-order valence-corrected chi connectivity index (χ1v) is 7.26. The Labute approximate surface area is 131 Å². The highest BCUT2D eigenvalue weighted by Crippen LogP contribution is 2.27. The molecular weight excluding hydrogens is 303 g/mol. The van der Waals surface area contributed by atoms with Gasteiger partial charge in [-0.2, -0.15) is 0 Å². The molecule has 2 nitrogen and oxygen atoms in total. The Balaban J connectivity index is 0.00000180. The number of nitrogens with zero attached hydrogens (tertiary/aromatic N) is 1. The standard InChI is InChI=1S/C14H20Cl2N2.ClH/c1-17-9-11-5-7-18(8-6-11)10-12-13(15)3-2-4-14(12)16;/h2-4,11,17H,5-10H2,1H3;1H. The van der Waals surface area contributed by atoms with Crippen LogP contribution in [0, 0.1) is 5.92 Å². The van der Waals surface area contributed by atoms with Crippen molar-refractivity contribution in [3.8, 4) is 0 Å². The topological polar surface area (TPSA) is 15.3 Å². The van der Waals surface area contributed by atoms with E-state index in [0.717, 1.165) is 47.7 Å². The normalized spacial score (nSPS) is 17.2. The zero-order valence-electron chi connectivity index (χ0n) is 11.2. The van der Waals surface area contributed by atoms with Crippen LogP contribution in [-0.2, 0) is 6.54 Å². The van der Waals surface area contributed by atoms with Gasteiger partial charge in [-0.3, -0.25) is 4.90 Å². The minimum absolute atomic E-state index is 0. The van der Waals surface area contributed by atoms with Crippen LogP contribution in [-0.4, -0.2) is 31.6 Å². The molecule has 0 atom stereocenters. The van der Waals surface area contributed by atoms with Crippen LogP contribution in [0.5, 0.6) is 0 Å². The lowest BCUT2D eigenvalue weighted by atomic mass is 9.96. The molecule has 5 heteroatoms. The Hall–Kier alpha value is 0.01000. The molecule has 19 heavy (non-hydrogen) atoms. The van der Waals surface area contributed by atoms with Gasteiger partial charge in [0.05, 0.1) is 0 Å². The molecule has 1 aromatic carbocycles. The van der Waals surface area contributed by atoms with Crippen LogP contribution in [0.25, 0.3) is 0 Å². The number of nitrogens with one attached hydrogen (secondary N) is 1. The van der Waals surface area contributed by atoms with Crippen LogP contribution in [0.4, 0.5) is 0 Å². The molecule has 1 N–H and O–H groups in total. The summed E-state index contributed by atoms with van der Waals surface area (Å²) in [5.41, 5.74) is 1.06. The average Bonchev–Trinajstić information content (AvgIpc) is 2.36. The van der Waals surface area contributed by atoms with Crippen LogP contribution < -0.4 is 5.32 Å². The Bertz CT molecular complexity index is 370. The third kappa shape index (κ3) is 4.80. The maximum Gasteiger partial charge on any atom is 0.0465 e. The van der Waals surface area contributed by atoms with Gasteiger partial charge in [-0.05, 0) is 57.6 Å². The second-order valence-electron chi connectivity index (χ2n) is 4.98. The summed E-state index contributed by atoms with van der Waals surface area (Å²) in [5, 5.41) is 4.81. The van der Waals surface area contributed by atoms with E-state index in [0.29, 0.717) is 0 Å². The van der Waals surface area contributed by atoms with E-state index in [9.17, 15) is 0 Å². The van der Waals surface area contributed by atoms with Crippen molar-refractivity contribution in [1.29, 1.82) is 0 Å². The highest BCUT2D eigenvalue weighted by Gasteiger charge is 2.19. The zero-order chi connectivity index (χ0) is 13.0. The quantitative estimate of drug-likeness (QED) is 0.905. The van der Waals surface area contributed by atoms with Crippen LogP contribution in [0.2, 0.25) is 10.0 Å². The smallest absolute Gasteiger partial charge is 0.0465 e. The first-order chi connectivity index (χ1) is 8.70. The molecule has 1 aliphatic heterocycles. The second-order valence-corrected chi connectivity index (χ2v) is 5.79. The number of rotatable bonds is 4. The summed E-state index contributed by atoms with van der Waals surface area (Å²) in [4.78, 5) is 2.44. The van der Waals surface area contributed by atoms with Gasteiger partial charge in [0.25, 0.3) is 0 Å². The fourth-order valence-corrected chi connectivity index (χ4v) is 3.06. The predicted octanol–water partition coefficient (Wildman–Crippen LogP) is 3.85. The lowest BCUT2D eigenvalue weighted by Gasteiger charge is -2.32. The Kier molecular flexibility index (Phi) is 7.48. The maximum absolute atomic E-state index is 6.21. The average molecular weight is 324 g/mol. The van der Waals surface area contributed by atoms with Gasteiger partial charge in [-0.25, -0.2) is 0 Å². The van der Waals surface area contributed by atoms with Crippen LogP contribution in [0.15, 0.2) is 18.2 Å². The van der Waals surface area contributed by atoms with E-state index < -0.39 is 0 Å². The lowest BCUT2D eigenvalue weighted by molar-refractivity contribution is 0.177. The number of likely N-dealkylation sites (tertiary alicyclic amines) is 1. The van der Waals surface area contributed by atoms with Crippen molar-refractivity contribution >= 4 is 35.6 Å². The van der Waals surface area contributed by atoms with Crippen LogP contribution >= 0.6 is 35.6 Å². The summed E-state index contributed by atoms with van der Waals surface area (Å²) in [5.74, 6) is 0.813. The van der Waals surface area contributed by atoms with Gasteiger partial charge in [0.15, 0.2) is 0 Å². The number of hydrogen-bond donors (Lipinski definition) is 1. The molecular formula is C14H21Cl3N2. The monoisotopic (exact) mass is 322 g/mol. The Morgan fingerprint density at radius 3 is 2.32 bits per heavy atom. The number of piperidine rings is 1. The number of benzene rings is 1. The fraction of sp³-hybridized carbons (Fsp3) is 0.571. The summed E-state index contributed by atoms with van der Waals surface area (Å²) < 4.78 is 0. The molecule has 1 aliphatic rings. The van der Waals surface area contributed by atoms with Crippen molar-refractivity contribution in [2.75, 3.05) is 26.7 Å². The fourth-order valence-electron chi connectivity index (χ4n) is 2.54. The van der Waals surface area contributed by atoms with E-state index in [1.54, 1.807) is 0 Å². The predicted molar refractivity (Wildman–Crippen MR) is 85.6 cm³/mol. The minimum atomic E-state index is 0. The van der Waals surface area contributed by atoms with E-state index >= 15 is 0 Å². The molecule has 1 saturated heterocycles. The molecule has 0 aromatic heterocycles. The van der Waals surface area contributed by atoms with Gasteiger partial charge < -0.3 is 5.32 Å². The van der Waals surface area contributed by atoms with E-state index in [1.807, 2.05) is 25.2 Å². The van der Waals surface area contributed by atoms with Gasteiger partial charge in [0.1, 0.15) is 0 Å². The summed E-state index contributed by atoms with van der Waals surface area (Å²) in [7, 11) is 2.02. The number of halogens is 3. The van der Waals surface area contributed by atoms with E-state index in [-0.39, 0.29) is 12.4 Å². The van der Waals surface area contributed by atoms with Crippen molar-refractivity contribution in [1.82, 2.24) is 10.2 Å². The van der Waals surface area contributed by atoms with Crippen LogP contribution in [0.3, 0.4) is 0 Å². The molecule has 0 bridgehead atoms. The molecule has 1 aromatic rings. The Morgan fingerprint density at radius 2 is 1.79 bits per heavy atom. The summed E-state index contributed by atoms with van der Waals surface area (Å²) in [6, 6.07) is 5.72. The van der Waals surface area contributed by atoms with E-state index in [4.69, 9.17) is 23.2 Å². The minimum Gasteiger partial charge on any atom is -0.319 e. The lowest BCUT2D eigenvalue weighted by Crippen LogP contribution is -2.36. The molecule has 0 radical (unpaired) electrons. The Morgan fingerprint density at radius 1 is 1.21 bits per heavy atom. The largest absolute Gasteiger partial charge is 0.319 e. The molecule has 2 rings (SSSR count). The molecule has 0 spiro atoms. The molecule has 108 valence electrons. The van der Waals surface area contributed by atoms with Gasteiger partial charge >= 0.3 is 0 Å². The third-order valence-electron chi connectivity index (χ3n) is 3.64. The highest BCUT2D eigenvalue weighted by atomic mass is 35.5. The van der Waals surface area contributed by atoms with E-state index in [2.05, 4.69) is 10.2 Å². The summed E-state index contributed by atoms with van der Waals surface area (Å²) >= 11 is 12.4. The van der Waals surface area contributed by atoms with Gasteiger partial charge in [-0.15, -0.1) is 12.4 Å². The molecule has 0 saturated carbocycles. The van der Waals surface area contributed by atoms with Crippen molar-refractivity contribution in [3.05, 3.63) is 33.8 Å². The number of hydrogen-bond acceptors (Lipinski definition) is 2. The highest BCUT2D eigenvalue weighted by molar-refractivity contribution is 6.35. The van der Waals surface area contributed by atoms with Crippen molar-refractivity contribution in [2.24, 2.45) is 5.92 Å². The molecule has 0 aliphatic carbocycles. The third-order valence-corrected chi connectivity index (χ3v) is 4.35. The van der Waals surface area contributed by atoms with Crippen molar-refractivity contribution in [3.63, 3.8) is 0 Å². The molecule has 1 fully saturated rings. The molecule has 0 unspecified atom stereocenters. The van der Waals surface area contributed by atoms with Gasteiger partial charge in [0.2, 0.25) is 0 Å². The first-order valence-electron chi connectivity index (χ1n) is 6.50. The summed E-state index contributed by atoms with van der Waals surface area (Å²) in [6.45, 7) is 4.26. The van der Waals surface area contributed by atoms with Crippen molar-refractivity contribution in [2.45, 2.75) is 19.4 Å². The molecule has 1 heterocycles. The molecule has 0 amide bonds. The van der Waals surface area contributed by atoms with Crippen LogP contribution in [0.1, 0.15) is 18.4 Å². The maximum atomic E-state index is 6.21. The van der Waals surface area contributed by atoms with Crippen molar-refractivity contribution < 1.29 is 0 Å². The van der Waals surface area contributed by atoms with Gasteiger partial charge in [-0.1, -0.05) is 29.3 Å². The second kappa shape index (κ2) is 8.33. The first kappa shape index (κ1) is 17.1. The zero-order valence-corrected chi connectivity index (χ0v) is 13.5. The SMILES string of the molecule is CNCC1CCN(Cc2c(Cl)cccc2Cl)CC1.Cl. The van der Waals surface area contributed by atoms with E-state index in [1.165, 1.54) is 12.8 Å². The summed E-state index contributed by atoms with van der Waals surface area (Å²) in [6.07, 6.45) is 2.51.